The van der Waals surface area contributed by atoms with E-state index in [2.05, 4.69) is 15.3 Å². The number of aromatic nitrogens is 2. The highest BCUT2D eigenvalue weighted by atomic mass is 16.2. The fraction of sp³-hybridized carbons (Fsp3) is 0.333. The summed E-state index contributed by atoms with van der Waals surface area (Å²) in [5.74, 6) is 0.265. The number of hydrogen-bond acceptors (Lipinski definition) is 5. The first-order chi connectivity index (χ1) is 12.0. The molecule has 0 radical (unpaired) electrons. The lowest BCUT2D eigenvalue weighted by molar-refractivity contribution is -0.119. The van der Waals surface area contributed by atoms with Crippen molar-refractivity contribution < 1.29 is 9.59 Å². The van der Waals surface area contributed by atoms with Crippen LogP contribution in [-0.4, -0.2) is 58.3 Å². The van der Waals surface area contributed by atoms with Crippen molar-refractivity contribution in [1.82, 2.24) is 19.8 Å². The molecule has 7 heteroatoms. The Balaban J connectivity index is 1.75. The van der Waals surface area contributed by atoms with Gasteiger partial charge in [-0.2, -0.15) is 0 Å². The molecule has 0 bridgehead atoms. The maximum atomic E-state index is 12.7. The molecule has 1 aliphatic rings. The van der Waals surface area contributed by atoms with Crippen LogP contribution in [0, 0.1) is 13.8 Å². The molecule has 0 aliphatic carbocycles. The molecular weight excluding hydrogens is 318 g/mol. The third-order valence-electron chi connectivity index (χ3n) is 4.13. The lowest BCUT2D eigenvalue weighted by Gasteiger charge is -2.32. The Hall–Kier alpha value is -2.96. The molecule has 3 rings (SSSR count). The number of rotatable bonds is 4. The Morgan fingerprint density at radius 1 is 1.08 bits per heavy atom. The van der Waals surface area contributed by atoms with Crippen molar-refractivity contribution in [2.75, 3.05) is 31.5 Å². The zero-order valence-electron chi connectivity index (χ0n) is 14.4. The minimum absolute atomic E-state index is 0.136. The molecular formula is C18H21N5O2. The van der Waals surface area contributed by atoms with Crippen LogP contribution < -0.4 is 5.32 Å². The van der Waals surface area contributed by atoms with Crippen molar-refractivity contribution in [3.05, 3.63) is 47.3 Å². The fourth-order valence-corrected chi connectivity index (χ4v) is 2.69. The summed E-state index contributed by atoms with van der Waals surface area (Å²) in [6.45, 7) is 5.99. The number of benzene rings is 1. The van der Waals surface area contributed by atoms with Crippen molar-refractivity contribution in [1.29, 1.82) is 0 Å². The van der Waals surface area contributed by atoms with Gasteiger partial charge in [0.15, 0.2) is 0 Å². The SMILES string of the molecule is Cc1ccc(Nc2nc(C)cc(C(=O)N3CCN(C=O)CC3)n2)cc1. The second-order valence-electron chi connectivity index (χ2n) is 6.14. The van der Waals surface area contributed by atoms with E-state index in [-0.39, 0.29) is 5.91 Å². The standard InChI is InChI=1S/C18H21N5O2/c1-13-3-5-15(6-4-13)20-18-19-14(2)11-16(21-18)17(25)23-9-7-22(12-24)8-10-23/h3-6,11-12H,7-10H2,1-2H3,(H,19,20,21). The van der Waals surface area contributed by atoms with Gasteiger partial charge in [-0.3, -0.25) is 9.59 Å². The average Bonchev–Trinajstić information content (AvgIpc) is 2.62. The van der Waals surface area contributed by atoms with E-state index in [1.54, 1.807) is 15.9 Å². The van der Waals surface area contributed by atoms with Crippen LogP contribution in [0.25, 0.3) is 0 Å². The number of nitrogens with zero attached hydrogens (tertiary/aromatic N) is 4. The first-order valence-electron chi connectivity index (χ1n) is 8.23. The molecule has 1 aromatic heterocycles. The molecule has 0 atom stereocenters. The highest BCUT2D eigenvalue weighted by Gasteiger charge is 2.23. The Morgan fingerprint density at radius 3 is 2.40 bits per heavy atom. The largest absolute Gasteiger partial charge is 0.342 e. The molecule has 130 valence electrons. The maximum absolute atomic E-state index is 12.7. The Morgan fingerprint density at radius 2 is 1.76 bits per heavy atom. The van der Waals surface area contributed by atoms with Gasteiger partial charge in [0.2, 0.25) is 12.4 Å². The molecule has 1 saturated heterocycles. The molecule has 2 aromatic rings. The van der Waals surface area contributed by atoms with Crippen LogP contribution >= 0.6 is 0 Å². The van der Waals surface area contributed by atoms with Crippen molar-refractivity contribution in [2.24, 2.45) is 0 Å². The molecule has 7 nitrogen and oxygen atoms in total. The Kier molecular flexibility index (Phi) is 4.92. The number of piperazine rings is 1. The van der Waals surface area contributed by atoms with E-state index in [4.69, 9.17) is 0 Å². The van der Waals surface area contributed by atoms with Crippen LogP contribution in [-0.2, 0) is 4.79 Å². The van der Waals surface area contributed by atoms with E-state index in [9.17, 15) is 9.59 Å². The molecule has 2 heterocycles. The lowest BCUT2D eigenvalue weighted by Crippen LogP contribution is -2.48. The first kappa shape index (κ1) is 16.9. The third-order valence-corrected chi connectivity index (χ3v) is 4.13. The highest BCUT2D eigenvalue weighted by molar-refractivity contribution is 5.93. The van der Waals surface area contributed by atoms with Crippen LogP contribution in [0.3, 0.4) is 0 Å². The number of anilines is 2. The number of nitrogens with one attached hydrogen (secondary N) is 1. The van der Waals surface area contributed by atoms with Crippen molar-refractivity contribution in [3.8, 4) is 0 Å². The van der Waals surface area contributed by atoms with E-state index in [1.165, 1.54) is 5.56 Å². The van der Waals surface area contributed by atoms with E-state index >= 15 is 0 Å². The summed E-state index contributed by atoms with van der Waals surface area (Å²) >= 11 is 0. The predicted molar refractivity (Wildman–Crippen MR) is 94.8 cm³/mol. The van der Waals surface area contributed by atoms with Crippen molar-refractivity contribution in [3.63, 3.8) is 0 Å². The summed E-state index contributed by atoms with van der Waals surface area (Å²) < 4.78 is 0. The number of carbonyl (C=O) groups is 2. The summed E-state index contributed by atoms with van der Waals surface area (Å²) in [6.07, 6.45) is 0.820. The molecule has 2 amide bonds. The van der Waals surface area contributed by atoms with Gasteiger partial charge in [-0.15, -0.1) is 0 Å². The number of amides is 2. The second kappa shape index (κ2) is 7.29. The van der Waals surface area contributed by atoms with Crippen LogP contribution in [0.15, 0.2) is 30.3 Å². The van der Waals surface area contributed by atoms with E-state index in [0.717, 1.165) is 17.8 Å². The van der Waals surface area contributed by atoms with Crippen LogP contribution in [0.5, 0.6) is 0 Å². The monoisotopic (exact) mass is 339 g/mol. The van der Waals surface area contributed by atoms with Gasteiger partial charge >= 0.3 is 0 Å². The van der Waals surface area contributed by atoms with E-state index < -0.39 is 0 Å². The zero-order chi connectivity index (χ0) is 17.8. The maximum Gasteiger partial charge on any atom is 0.272 e. The summed E-state index contributed by atoms with van der Waals surface area (Å²) in [4.78, 5) is 35.6. The van der Waals surface area contributed by atoms with Crippen LogP contribution in [0.1, 0.15) is 21.7 Å². The third kappa shape index (κ3) is 4.12. The predicted octanol–water partition coefficient (Wildman–Crippen LogP) is 1.75. The fourth-order valence-electron chi connectivity index (χ4n) is 2.69. The van der Waals surface area contributed by atoms with Gasteiger partial charge < -0.3 is 15.1 Å². The first-order valence-corrected chi connectivity index (χ1v) is 8.23. The summed E-state index contributed by atoms with van der Waals surface area (Å²) in [6, 6.07) is 9.57. The van der Waals surface area contributed by atoms with Gasteiger partial charge in [0.05, 0.1) is 0 Å². The zero-order valence-corrected chi connectivity index (χ0v) is 14.4. The quantitative estimate of drug-likeness (QED) is 0.859. The minimum atomic E-state index is -0.136. The molecule has 25 heavy (non-hydrogen) atoms. The van der Waals surface area contributed by atoms with Gasteiger partial charge in [-0.1, -0.05) is 17.7 Å². The van der Waals surface area contributed by atoms with Gasteiger partial charge in [0, 0.05) is 37.6 Å². The smallest absolute Gasteiger partial charge is 0.272 e. The molecule has 0 spiro atoms. The van der Waals surface area contributed by atoms with E-state index in [1.807, 2.05) is 38.1 Å². The molecule has 0 saturated carbocycles. The van der Waals surface area contributed by atoms with Crippen LogP contribution in [0.4, 0.5) is 11.6 Å². The van der Waals surface area contributed by atoms with Gasteiger partial charge in [0.1, 0.15) is 5.69 Å². The average molecular weight is 339 g/mol. The van der Waals surface area contributed by atoms with Gasteiger partial charge in [-0.25, -0.2) is 9.97 Å². The molecule has 1 fully saturated rings. The van der Waals surface area contributed by atoms with Crippen molar-refractivity contribution in [2.45, 2.75) is 13.8 Å². The number of hydrogen-bond donors (Lipinski definition) is 1. The Bertz CT molecular complexity index is 768. The highest BCUT2D eigenvalue weighted by Crippen LogP contribution is 2.16. The molecule has 1 aromatic carbocycles. The van der Waals surface area contributed by atoms with Gasteiger partial charge in [0.25, 0.3) is 5.91 Å². The van der Waals surface area contributed by atoms with Crippen LogP contribution in [0.2, 0.25) is 0 Å². The Labute approximate surface area is 146 Å². The summed E-state index contributed by atoms with van der Waals surface area (Å²) in [5, 5.41) is 3.14. The normalized spacial score (nSPS) is 14.3. The molecule has 0 unspecified atom stereocenters. The second-order valence-corrected chi connectivity index (χ2v) is 6.14. The minimum Gasteiger partial charge on any atom is -0.342 e. The van der Waals surface area contributed by atoms with Gasteiger partial charge in [-0.05, 0) is 32.0 Å². The molecule has 1 aliphatic heterocycles. The topological polar surface area (TPSA) is 78.4 Å². The number of carbonyl (C=O) groups excluding carboxylic acids is 2. The molecule has 1 N–H and O–H groups in total. The summed E-state index contributed by atoms with van der Waals surface area (Å²) in [5.41, 5.74) is 3.12. The lowest BCUT2D eigenvalue weighted by atomic mass is 10.2. The number of aryl methyl sites for hydroxylation is 2. The van der Waals surface area contributed by atoms with E-state index in [0.29, 0.717) is 37.8 Å². The van der Waals surface area contributed by atoms with Crippen molar-refractivity contribution >= 4 is 24.0 Å². The summed E-state index contributed by atoms with van der Waals surface area (Å²) in [7, 11) is 0.